The largest absolute Gasteiger partial charge is 0.395 e. The third kappa shape index (κ3) is 4.88. The third-order valence-electron chi connectivity index (χ3n) is 6.44. The van der Waals surface area contributed by atoms with Gasteiger partial charge in [-0.3, -0.25) is 24.3 Å². The standard InChI is InChI=1S/C25H28N6O3S/c1-14-6-5-9-18(15(14)2)31(25(34)22-19(26)20(23(27)32)30-35-22)21(16-10-12-28-13-11-16)24(33)29-17-7-3-4-8-17/h5-6,9-13,17,21H,3-4,7-8,26H2,1-2H3,(H2,27,32)(H,29,33). The quantitative estimate of drug-likeness (QED) is 0.462. The lowest BCUT2D eigenvalue weighted by atomic mass is 10.00. The number of carbonyl (C=O) groups excluding carboxylic acids is 3. The van der Waals surface area contributed by atoms with Crippen LogP contribution in [0.1, 0.15) is 68.6 Å². The molecule has 2 heterocycles. The van der Waals surface area contributed by atoms with Gasteiger partial charge in [-0.25, -0.2) is 0 Å². The van der Waals surface area contributed by atoms with Gasteiger partial charge >= 0.3 is 0 Å². The van der Waals surface area contributed by atoms with Crippen LogP contribution in [0.5, 0.6) is 0 Å². The second-order valence-electron chi connectivity index (χ2n) is 8.71. The van der Waals surface area contributed by atoms with E-state index in [1.165, 1.54) is 4.90 Å². The molecule has 0 aliphatic heterocycles. The second kappa shape index (κ2) is 10.2. The molecule has 1 fully saturated rings. The topological polar surface area (TPSA) is 144 Å². The van der Waals surface area contributed by atoms with Gasteiger partial charge in [0.1, 0.15) is 10.9 Å². The lowest BCUT2D eigenvalue weighted by Gasteiger charge is -2.33. The van der Waals surface area contributed by atoms with Gasteiger partial charge in [0.2, 0.25) is 5.91 Å². The summed E-state index contributed by atoms with van der Waals surface area (Å²) in [5.74, 6) is -1.65. The molecule has 1 aliphatic carbocycles. The van der Waals surface area contributed by atoms with Crippen LogP contribution in [0, 0.1) is 13.8 Å². The van der Waals surface area contributed by atoms with E-state index in [0.717, 1.165) is 48.3 Å². The summed E-state index contributed by atoms with van der Waals surface area (Å²) in [6.45, 7) is 3.84. The van der Waals surface area contributed by atoms with Gasteiger partial charge in [0.25, 0.3) is 11.8 Å². The normalized spacial score (nSPS) is 14.5. The summed E-state index contributed by atoms with van der Waals surface area (Å²) in [5.41, 5.74) is 14.2. The minimum atomic E-state index is -0.995. The molecule has 0 saturated heterocycles. The number of carbonyl (C=O) groups is 3. The predicted octanol–water partition coefficient (Wildman–Crippen LogP) is 3.28. The van der Waals surface area contributed by atoms with E-state index >= 15 is 0 Å². The van der Waals surface area contributed by atoms with E-state index in [4.69, 9.17) is 11.5 Å². The van der Waals surface area contributed by atoms with Gasteiger partial charge in [0, 0.05) is 24.1 Å². The lowest BCUT2D eigenvalue weighted by Crippen LogP contribution is -2.46. The van der Waals surface area contributed by atoms with E-state index in [-0.39, 0.29) is 28.2 Å². The Hall–Kier alpha value is -3.79. The van der Waals surface area contributed by atoms with Gasteiger partial charge in [-0.1, -0.05) is 25.0 Å². The number of nitrogens with one attached hydrogen (secondary N) is 1. The van der Waals surface area contributed by atoms with Crippen molar-refractivity contribution in [1.29, 1.82) is 0 Å². The van der Waals surface area contributed by atoms with Crippen LogP contribution in [0.2, 0.25) is 0 Å². The van der Waals surface area contributed by atoms with Crippen molar-refractivity contribution in [3.8, 4) is 0 Å². The number of hydrogen-bond donors (Lipinski definition) is 3. The first-order valence-electron chi connectivity index (χ1n) is 11.4. The Morgan fingerprint density at radius 2 is 1.80 bits per heavy atom. The Labute approximate surface area is 207 Å². The molecule has 2 aromatic heterocycles. The van der Waals surface area contributed by atoms with Gasteiger partial charge in [-0.05, 0) is 73.1 Å². The number of nitrogen functional groups attached to an aromatic ring is 1. The fourth-order valence-corrected chi connectivity index (χ4v) is 5.16. The summed E-state index contributed by atoms with van der Waals surface area (Å²) < 4.78 is 4.00. The molecule has 0 radical (unpaired) electrons. The first kappa shape index (κ1) is 24.3. The van der Waals surface area contributed by atoms with Crippen LogP contribution in [0.3, 0.4) is 0 Å². The summed E-state index contributed by atoms with van der Waals surface area (Å²) >= 11 is 0.792. The molecule has 1 saturated carbocycles. The fourth-order valence-electron chi connectivity index (χ4n) is 4.41. The highest BCUT2D eigenvalue weighted by atomic mass is 32.1. The number of hydrogen-bond acceptors (Lipinski definition) is 7. The summed E-state index contributed by atoms with van der Waals surface area (Å²) in [7, 11) is 0. The maximum Gasteiger partial charge on any atom is 0.273 e. The number of pyridine rings is 1. The summed E-state index contributed by atoms with van der Waals surface area (Å²) in [6.07, 6.45) is 7.08. The maximum absolute atomic E-state index is 14.1. The molecule has 0 spiro atoms. The average Bonchev–Trinajstić information content (AvgIpc) is 3.49. The number of benzene rings is 1. The van der Waals surface area contributed by atoms with Crippen LogP contribution >= 0.6 is 11.5 Å². The first-order chi connectivity index (χ1) is 16.8. The number of rotatable bonds is 7. The molecule has 10 heteroatoms. The van der Waals surface area contributed by atoms with Crippen LogP contribution in [0.25, 0.3) is 0 Å². The van der Waals surface area contributed by atoms with Gasteiger partial charge < -0.3 is 16.8 Å². The average molecular weight is 493 g/mol. The molecule has 3 aromatic rings. The summed E-state index contributed by atoms with van der Waals surface area (Å²) in [5, 5.41) is 3.14. The molecule has 1 unspecified atom stereocenters. The molecular formula is C25H28N6O3S. The fraction of sp³-hybridized carbons (Fsp3) is 0.320. The molecule has 1 aliphatic rings. The number of amides is 3. The predicted molar refractivity (Wildman–Crippen MR) is 135 cm³/mol. The molecule has 1 atom stereocenters. The molecule has 3 amide bonds. The zero-order chi connectivity index (χ0) is 25.1. The van der Waals surface area contributed by atoms with E-state index in [2.05, 4.69) is 14.7 Å². The number of aryl methyl sites for hydroxylation is 1. The minimum Gasteiger partial charge on any atom is -0.395 e. The van der Waals surface area contributed by atoms with E-state index < -0.39 is 17.9 Å². The van der Waals surface area contributed by atoms with Gasteiger partial charge in [-0.15, -0.1) is 0 Å². The molecule has 35 heavy (non-hydrogen) atoms. The van der Waals surface area contributed by atoms with Crippen molar-refractivity contribution in [1.82, 2.24) is 14.7 Å². The first-order valence-corrected chi connectivity index (χ1v) is 12.2. The Balaban J connectivity index is 1.88. The van der Waals surface area contributed by atoms with E-state index in [1.807, 2.05) is 26.0 Å². The van der Waals surface area contributed by atoms with Crippen molar-refractivity contribution in [3.05, 3.63) is 70.0 Å². The molecule has 182 valence electrons. The molecule has 5 N–H and O–H groups in total. The van der Waals surface area contributed by atoms with Crippen molar-refractivity contribution in [2.75, 3.05) is 10.6 Å². The Bertz CT molecular complexity index is 1250. The summed E-state index contributed by atoms with van der Waals surface area (Å²) in [6, 6.07) is 8.06. The number of primary amides is 1. The van der Waals surface area contributed by atoms with E-state index in [0.29, 0.717) is 11.3 Å². The second-order valence-corrected chi connectivity index (χ2v) is 9.48. The van der Waals surface area contributed by atoms with Crippen LogP contribution in [0.4, 0.5) is 11.4 Å². The number of nitrogens with two attached hydrogens (primary N) is 2. The zero-order valence-electron chi connectivity index (χ0n) is 19.7. The number of anilines is 2. The monoisotopic (exact) mass is 492 g/mol. The van der Waals surface area contributed by atoms with Gasteiger partial charge in [0.05, 0.1) is 5.69 Å². The number of aromatic nitrogens is 2. The highest BCUT2D eigenvalue weighted by Gasteiger charge is 2.37. The minimum absolute atomic E-state index is 0.0485. The highest BCUT2D eigenvalue weighted by Crippen LogP contribution is 2.35. The van der Waals surface area contributed by atoms with Gasteiger partial charge in [-0.2, -0.15) is 4.37 Å². The Morgan fingerprint density at radius 3 is 2.43 bits per heavy atom. The summed E-state index contributed by atoms with van der Waals surface area (Å²) in [4.78, 5) is 45.2. The van der Waals surface area contributed by atoms with E-state index in [1.54, 1.807) is 30.6 Å². The van der Waals surface area contributed by atoms with Crippen LogP contribution in [0.15, 0.2) is 42.7 Å². The van der Waals surface area contributed by atoms with E-state index in [9.17, 15) is 14.4 Å². The SMILES string of the molecule is Cc1cccc(N(C(=O)c2snc(C(N)=O)c2N)C(C(=O)NC2CCCC2)c2ccncc2)c1C. The van der Waals surface area contributed by atoms with Crippen LogP contribution in [-0.2, 0) is 4.79 Å². The van der Waals surface area contributed by atoms with Crippen LogP contribution in [-0.4, -0.2) is 33.1 Å². The maximum atomic E-state index is 14.1. The van der Waals surface area contributed by atoms with Crippen molar-refractivity contribution in [3.63, 3.8) is 0 Å². The van der Waals surface area contributed by atoms with Gasteiger partial charge in [0.15, 0.2) is 5.69 Å². The lowest BCUT2D eigenvalue weighted by molar-refractivity contribution is -0.123. The zero-order valence-corrected chi connectivity index (χ0v) is 20.5. The Morgan fingerprint density at radius 1 is 1.11 bits per heavy atom. The smallest absolute Gasteiger partial charge is 0.273 e. The highest BCUT2D eigenvalue weighted by molar-refractivity contribution is 7.09. The van der Waals surface area contributed by atoms with Crippen molar-refractivity contribution in [2.24, 2.45) is 5.73 Å². The number of nitrogens with zero attached hydrogens (tertiary/aromatic N) is 3. The van der Waals surface area contributed by atoms with Crippen molar-refractivity contribution >= 4 is 40.6 Å². The molecule has 9 nitrogen and oxygen atoms in total. The van der Waals surface area contributed by atoms with Crippen molar-refractivity contribution in [2.45, 2.75) is 51.6 Å². The molecular weight excluding hydrogens is 464 g/mol. The van der Waals surface area contributed by atoms with Crippen molar-refractivity contribution < 1.29 is 14.4 Å². The molecule has 0 bridgehead atoms. The third-order valence-corrected chi connectivity index (χ3v) is 7.29. The van der Waals surface area contributed by atoms with Crippen LogP contribution < -0.4 is 21.7 Å². The Kier molecular flexibility index (Phi) is 7.11. The molecule has 1 aromatic carbocycles. The molecule has 4 rings (SSSR count).